The number of carbonyl (C=O) groups is 1. The topological polar surface area (TPSA) is 50.4 Å². The first-order valence-electron chi connectivity index (χ1n) is 6.73. The molecule has 0 spiro atoms. The van der Waals surface area contributed by atoms with Crippen molar-refractivity contribution in [2.24, 2.45) is 0 Å². The molecule has 1 atom stereocenters. The summed E-state index contributed by atoms with van der Waals surface area (Å²) in [5.41, 5.74) is 0.900. The van der Waals surface area contributed by atoms with E-state index in [0.717, 1.165) is 22.2 Å². The van der Waals surface area contributed by atoms with Crippen LogP contribution in [0.4, 0.5) is 5.69 Å². The Morgan fingerprint density at radius 3 is 2.86 bits per heavy atom. The number of benzene rings is 1. The second kappa shape index (κ2) is 6.87. The molecule has 112 valence electrons. The standard InChI is InChI=1S/C15H18N2O2S2/c1-4-9(2)16-15(20)17-11-5-6-12-10(7-11)8-13(21-12)14(18)19-3/h5-9H,4H2,1-3H3,(H2,16,17,20)/t9-/m0/s1. The van der Waals surface area contributed by atoms with Crippen LogP contribution in [0.25, 0.3) is 10.1 Å². The maximum Gasteiger partial charge on any atom is 0.348 e. The average Bonchev–Trinajstić information content (AvgIpc) is 2.89. The smallest absolute Gasteiger partial charge is 0.348 e. The van der Waals surface area contributed by atoms with Crippen LogP contribution in [0.5, 0.6) is 0 Å². The predicted molar refractivity (Wildman–Crippen MR) is 92.3 cm³/mol. The Balaban J connectivity index is 2.15. The Morgan fingerprint density at radius 2 is 2.19 bits per heavy atom. The third-order valence-corrected chi connectivity index (χ3v) is 4.47. The SMILES string of the molecule is CC[C@H](C)NC(=S)Nc1ccc2sc(C(=O)OC)cc2c1. The maximum absolute atomic E-state index is 11.5. The van der Waals surface area contributed by atoms with E-state index in [0.29, 0.717) is 16.0 Å². The molecular formula is C15H18N2O2S2. The molecule has 1 heterocycles. The number of anilines is 1. The molecule has 0 unspecified atom stereocenters. The van der Waals surface area contributed by atoms with Gasteiger partial charge in [0.1, 0.15) is 4.88 Å². The van der Waals surface area contributed by atoms with Crippen LogP contribution in [0, 0.1) is 0 Å². The summed E-state index contributed by atoms with van der Waals surface area (Å²) in [4.78, 5) is 12.1. The van der Waals surface area contributed by atoms with Gasteiger partial charge in [-0.25, -0.2) is 4.79 Å². The lowest BCUT2D eigenvalue weighted by molar-refractivity contribution is 0.0606. The molecule has 2 aromatic rings. The van der Waals surface area contributed by atoms with E-state index in [2.05, 4.69) is 24.5 Å². The number of fused-ring (bicyclic) bond motifs is 1. The molecule has 6 heteroatoms. The van der Waals surface area contributed by atoms with Gasteiger partial charge in [-0.05, 0) is 55.2 Å². The minimum Gasteiger partial charge on any atom is -0.465 e. The van der Waals surface area contributed by atoms with Crippen LogP contribution in [-0.2, 0) is 4.74 Å². The number of rotatable bonds is 4. The van der Waals surface area contributed by atoms with Crippen molar-refractivity contribution < 1.29 is 9.53 Å². The quantitative estimate of drug-likeness (QED) is 0.663. The maximum atomic E-state index is 11.5. The van der Waals surface area contributed by atoms with Gasteiger partial charge < -0.3 is 15.4 Å². The summed E-state index contributed by atoms with van der Waals surface area (Å²) in [7, 11) is 1.39. The van der Waals surface area contributed by atoms with Gasteiger partial charge in [-0.2, -0.15) is 0 Å². The number of nitrogens with one attached hydrogen (secondary N) is 2. The Hall–Kier alpha value is -1.66. The first-order chi connectivity index (χ1) is 10.0. The largest absolute Gasteiger partial charge is 0.465 e. The molecule has 0 aliphatic rings. The number of hydrogen-bond acceptors (Lipinski definition) is 4. The fourth-order valence-electron chi connectivity index (χ4n) is 1.82. The second-order valence-electron chi connectivity index (χ2n) is 4.76. The van der Waals surface area contributed by atoms with E-state index in [1.165, 1.54) is 18.4 Å². The van der Waals surface area contributed by atoms with E-state index < -0.39 is 0 Å². The van der Waals surface area contributed by atoms with E-state index in [-0.39, 0.29) is 5.97 Å². The summed E-state index contributed by atoms with van der Waals surface area (Å²) in [6.07, 6.45) is 1.01. The first kappa shape index (κ1) is 15.7. The number of thiocarbonyl (C=S) groups is 1. The first-order valence-corrected chi connectivity index (χ1v) is 7.95. The van der Waals surface area contributed by atoms with E-state index in [1.54, 1.807) is 0 Å². The lowest BCUT2D eigenvalue weighted by atomic mass is 10.2. The van der Waals surface area contributed by atoms with Crippen molar-refractivity contribution in [1.29, 1.82) is 0 Å². The zero-order chi connectivity index (χ0) is 15.4. The van der Waals surface area contributed by atoms with E-state index in [9.17, 15) is 4.79 Å². The Labute approximate surface area is 133 Å². The molecule has 0 fully saturated rings. The van der Waals surface area contributed by atoms with Crippen LogP contribution >= 0.6 is 23.6 Å². The van der Waals surface area contributed by atoms with Crippen LogP contribution in [0.15, 0.2) is 24.3 Å². The van der Waals surface area contributed by atoms with Crippen LogP contribution in [0.2, 0.25) is 0 Å². The summed E-state index contributed by atoms with van der Waals surface area (Å²) in [5.74, 6) is -0.306. The lowest BCUT2D eigenvalue weighted by Crippen LogP contribution is -2.35. The van der Waals surface area contributed by atoms with Gasteiger partial charge in [-0.3, -0.25) is 0 Å². The number of esters is 1. The summed E-state index contributed by atoms with van der Waals surface area (Å²) < 4.78 is 5.79. The normalized spacial score (nSPS) is 12.0. The molecule has 0 saturated carbocycles. The molecule has 21 heavy (non-hydrogen) atoms. The molecule has 0 saturated heterocycles. The average molecular weight is 322 g/mol. The lowest BCUT2D eigenvalue weighted by Gasteiger charge is -2.15. The fraction of sp³-hybridized carbons (Fsp3) is 0.333. The monoisotopic (exact) mass is 322 g/mol. The van der Waals surface area contributed by atoms with Crippen molar-refractivity contribution in [2.75, 3.05) is 12.4 Å². The molecule has 0 aliphatic carbocycles. The summed E-state index contributed by atoms with van der Waals surface area (Å²) >= 11 is 6.69. The highest BCUT2D eigenvalue weighted by Crippen LogP contribution is 2.28. The Kier molecular flexibility index (Phi) is 5.14. The summed E-state index contributed by atoms with van der Waals surface area (Å²) in [6.45, 7) is 4.19. The minimum absolute atomic E-state index is 0.306. The molecule has 0 aliphatic heterocycles. The van der Waals surface area contributed by atoms with E-state index in [1.807, 2.05) is 24.3 Å². The van der Waals surface area contributed by atoms with Gasteiger partial charge in [-0.1, -0.05) is 6.92 Å². The van der Waals surface area contributed by atoms with Gasteiger partial charge in [-0.15, -0.1) is 11.3 Å². The van der Waals surface area contributed by atoms with Gasteiger partial charge in [0.2, 0.25) is 0 Å². The third-order valence-electron chi connectivity index (χ3n) is 3.15. The highest BCUT2D eigenvalue weighted by atomic mass is 32.1. The van der Waals surface area contributed by atoms with Crippen LogP contribution in [0.1, 0.15) is 29.9 Å². The number of hydrogen-bond donors (Lipinski definition) is 2. The van der Waals surface area contributed by atoms with Crippen molar-refractivity contribution >= 4 is 50.4 Å². The van der Waals surface area contributed by atoms with Crippen LogP contribution < -0.4 is 10.6 Å². The van der Waals surface area contributed by atoms with Gasteiger partial charge in [0.25, 0.3) is 0 Å². The van der Waals surface area contributed by atoms with Crippen LogP contribution in [0.3, 0.4) is 0 Å². The molecule has 2 N–H and O–H groups in total. The van der Waals surface area contributed by atoms with Crippen molar-refractivity contribution in [2.45, 2.75) is 26.3 Å². The molecule has 1 aromatic heterocycles. The number of thiophene rings is 1. The highest BCUT2D eigenvalue weighted by Gasteiger charge is 2.11. The van der Waals surface area contributed by atoms with Gasteiger partial charge in [0.05, 0.1) is 7.11 Å². The van der Waals surface area contributed by atoms with Crippen molar-refractivity contribution in [1.82, 2.24) is 5.32 Å². The molecule has 0 radical (unpaired) electrons. The van der Waals surface area contributed by atoms with Crippen molar-refractivity contribution in [3.05, 3.63) is 29.1 Å². The Morgan fingerprint density at radius 1 is 1.43 bits per heavy atom. The van der Waals surface area contributed by atoms with Crippen molar-refractivity contribution in [3.63, 3.8) is 0 Å². The number of methoxy groups -OCH3 is 1. The third kappa shape index (κ3) is 3.92. The van der Waals surface area contributed by atoms with Gasteiger partial charge in [0, 0.05) is 16.4 Å². The number of ether oxygens (including phenoxy) is 1. The molecule has 1 aromatic carbocycles. The zero-order valence-electron chi connectivity index (χ0n) is 12.2. The highest BCUT2D eigenvalue weighted by molar-refractivity contribution is 7.80. The fourth-order valence-corrected chi connectivity index (χ4v) is 3.10. The molecule has 0 amide bonds. The van der Waals surface area contributed by atoms with Crippen LogP contribution in [-0.4, -0.2) is 24.2 Å². The van der Waals surface area contributed by atoms with E-state index >= 15 is 0 Å². The zero-order valence-corrected chi connectivity index (χ0v) is 13.9. The minimum atomic E-state index is -0.306. The molecule has 2 rings (SSSR count). The molecular weight excluding hydrogens is 304 g/mol. The van der Waals surface area contributed by atoms with Gasteiger partial charge >= 0.3 is 5.97 Å². The molecule has 4 nitrogen and oxygen atoms in total. The van der Waals surface area contributed by atoms with E-state index in [4.69, 9.17) is 17.0 Å². The predicted octanol–water partition coefficient (Wildman–Crippen LogP) is 3.77. The summed E-state index contributed by atoms with van der Waals surface area (Å²) in [5, 5.41) is 7.97. The Bertz CT molecular complexity index is 667. The van der Waals surface area contributed by atoms with Gasteiger partial charge in [0.15, 0.2) is 5.11 Å². The van der Waals surface area contributed by atoms with Crippen molar-refractivity contribution in [3.8, 4) is 0 Å². The molecule has 0 bridgehead atoms. The second-order valence-corrected chi connectivity index (χ2v) is 6.25. The number of carbonyl (C=O) groups excluding carboxylic acids is 1. The summed E-state index contributed by atoms with van der Waals surface area (Å²) in [6, 6.07) is 8.07.